The lowest BCUT2D eigenvalue weighted by Gasteiger charge is -2.35. The van der Waals surface area contributed by atoms with Crippen molar-refractivity contribution in [3.8, 4) is 11.5 Å². The van der Waals surface area contributed by atoms with E-state index < -0.39 is 0 Å². The summed E-state index contributed by atoms with van der Waals surface area (Å²) in [5.74, 6) is 2.92. The van der Waals surface area contributed by atoms with Crippen LogP contribution in [0.5, 0.6) is 11.5 Å². The van der Waals surface area contributed by atoms with Crippen LogP contribution in [0.25, 0.3) is 0 Å². The van der Waals surface area contributed by atoms with Crippen LogP contribution in [-0.4, -0.2) is 60.2 Å². The van der Waals surface area contributed by atoms with Gasteiger partial charge in [0.2, 0.25) is 5.95 Å². The normalized spacial score (nSPS) is 16.9. The van der Waals surface area contributed by atoms with Crippen molar-refractivity contribution in [2.45, 2.75) is 13.0 Å². The van der Waals surface area contributed by atoms with Crippen molar-refractivity contribution < 1.29 is 9.47 Å². The third-order valence-corrected chi connectivity index (χ3v) is 4.67. The zero-order valence-corrected chi connectivity index (χ0v) is 18.0. The van der Waals surface area contributed by atoms with Gasteiger partial charge >= 0.3 is 0 Å². The number of nitrogens with two attached hydrogens (primary N) is 1. The second kappa shape index (κ2) is 9.76. The molecule has 1 fully saturated rings. The first-order valence-electron chi connectivity index (χ1n) is 9.25. The van der Waals surface area contributed by atoms with Gasteiger partial charge in [0.15, 0.2) is 17.5 Å². The SMILES string of the molecule is I.NC(=NCc1ccc2c(c1)OCCCO2)N1CCN(c2ncccn2)CC1. The van der Waals surface area contributed by atoms with Crippen molar-refractivity contribution in [2.24, 2.45) is 10.7 Å². The molecular formula is C19H25IN6O2. The summed E-state index contributed by atoms with van der Waals surface area (Å²) in [5.41, 5.74) is 7.27. The molecule has 1 saturated heterocycles. The highest BCUT2D eigenvalue weighted by Crippen LogP contribution is 2.30. The molecule has 0 aliphatic carbocycles. The molecule has 1 aromatic carbocycles. The largest absolute Gasteiger partial charge is 0.490 e. The summed E-state index contributed by atoms with van der Waals surface area (Å²) in [5, 5.41) is 0. The molecule has 0 amide bonds. The number of aliphatic imine (C=N–C) groups is 1. The number of anilines is 1. The standard InChI is InChI=1S/C19H24N6O2.HI/c20-18(24-7-9-25(10-8-24)19-21-5-1-6-22-19)23-14-15-3-4-16-17(13-15)27-12-2-11-26-16;/h1,3-6,13H,2,7-12,14H2,(H2,20,23);1H. The molecule has 0 spiro atoms. The molecule has 2 aromatic rings. The fourth-order valence-electron chi connectivity index (χ4n) is 3.17. The van der Waals surface area contributed by atoms with Crippen LogP contribution in [0.2, 0.25) is 0 Å². The Hall–Kier alpha value is -2.30. The predicted molar refractivity (Wildman–Crippen MR) is 119 cm³/mol. The maximum atomic E-state index is 6.21. The first-order chi connectivity index (χ1) is 13.3. The molecule has 3 heterocycles. The van der Waals surface area contributed by atoms with Gasteiger partial charge < -0.3 is 25.0 Å². The van der Waals surface area contributed by atoms with Gasteiger partial charge in [-0.25, -0.2) is 15.0 Å². The Morgan fingerprint density at radius 1 is 1.04 bits per heavy atom. The Bertz CT molecular complexity index is 796. The number of benzene rings is 1. The maximum absolute atomic E-state index is 6.21. The van der Waals surface area contributed by atoms with Crippen LogP contribution in [0.4, 0.5) is 5.95 Å². The van der Waals surface area contributed by atoms with Gasteiger partial charge in [0, 0.05) is 45.0 Å². The molecular weight excluding hydrogens is 471 g/mol. The molecule has 0 bridgehead atoms. The van der Waals surface area contributed by atoms with Crippen LogP contribution in [0.15, 0.2) is 41.7 Å². The Balaban J connectivity index is 0.00000225. The number of ether oxygens (including phenoxy) is 2. The average Bonchev–Trinajstić information content (AvgIpc) is 2.98. The van der Waals surface area contributed by atoms with Crippen LogP contribution in [0.3, 0.4) is 0 Å². The Kier molecular flexibility index (Phi) is 7.12. The Morgan fingerprint density at radius 3 is 2.50 bits per heavy atom. The minimum Gasteiger partial charge on any atom is -0.490 e. The molecule has 0 unspecified atom stereocenters. The molecule has 2 aliphatic heterocycles. The summed E-state index contributed by atoms with van der Waals surface area (Å²) in [6.07, 6.45) is 4.43. The molecule has 4 rings (SSSR count). The number of hydrogen-bond acceptors (Lipinski definition) is 6. The Labute approximate surface area is 181 Å². The van der Waals surface area contributed by atoms with Gasteiger partial charge in [-0.2, -0.15) is 0 Å². The van der Waals surface area contributed by atoms with E-state index in [9.17, 15) is 0 Å². The first kappa shape index (κ1) is 20.4. The van der Waals surface area contributed by atoms with Crippen LogP contribution in [-0.2, 0) is 6.54 Å². The molecule has 1 aromatic heterocycles. The predicted octanol–water partition coefficient (Wildman–Crippen LogP) is 1.89. The highest BCUT2D eigenvalue weighted by atomic mass is 127. The van der Waals surface area contributed by atoms with E-state index in [4.69, 9.17) is 15.2 Å². The Morgan fingerprint density at radius 2 is 1.75 bits per heavy atom. The van der Waals surface area contributed by atoms with Gasteiger partial charge in [-0.05, 0) is 23.8 Å². The van der Waals surface area contributed by atoms with E-state index >= 15 is 0 Å². The lowest BCUT2D eigenvalue weighted by molar-refractivity contribution is 0.297. The molecule has 9 heteroatoms. The number of piperazine rings is 1. The zero-order chi connectivity index (χ0) is 18.5. The van der Waals surface area contributed by atoms with Gasteiger partial charge in [0.1, 0.15) is 0 Å². The number of fused-ring (bicyclic) bond motifs is 1. The molecule has 0 radical (unpaired) electrons. The van der Waals surface area contributed by atoms with E-state index in [-0.39, 0.29) is 24.0 Å². The van der Waals surface area contributed by atoms with E-state index in [0.717, 1.165) is 55.6 Å². The van der Waals surface area contributed by atoms with Crippen molar-refractivity contribution in [3.05, 3.63) is 42.2 Å². The zero-order valence-electron chi connectivity index (χ0n) is 15.7. The minimum absolute atomic E-state index is 0. The fraction of sp³-hybridized carbons (Fsp3) is 0.421. The molecule has 28 heavy (non-hydrogen) atoms. The highest BCUT2D eigenvalue weighted by molar-refractivity contribution is 14.0. The molecule has 2 aliphatic rings. The van der Waals surface area contributed by atoms with Crippen LogP contribution in [0.1, 0.15) is 12.0 Å². The smallest absolute Gasteiger partial charge is 0.225 e. The summed E-state index contributed by atoms with van der Waals surface area (Å²) in [6.45, 7) is 5.14. The van der Waals surface area contributed by atoms with Crippen molar-refractivity contribution in [2.75, 3.05) is 44.3 Å². The first-order valence-corrected chi connectivity index (χ1v) is 9.25. The summed E-state index contributed by atoms with van der Waals surface area (Å²) in [6, 6.07) is 7.77. The minimum atomic E-state index is 0. The van der Waals surface area contributed by atoms with Crippen molar-refractivity contribution in [3.63, 3.8) is 0 Å². The molecule has 2 N–H and O–H groups in total. The lowest BCUT2D eigenvalue weighted by atomic mass is 10.2. The molecule has 150 valence electrons. The molecule has 8 nitrogen and oxygen atoms in total. The van der Waals surface area contributed by atoms with Crippen LogP contribution in [0, 0.1) is 0 Å². The topological polar surface area (TPSA) is 89.1 Å². The highest BCUT2D eigenvalue weighted by Gasteiger charge is 2.20. The number of hydrogen-bond donors (Lipinski definition) is 1. The average molecular weight is 496 g/mol. The van der Waals surface area contributed by atoms with Crippen molar-refractivity contribution in [1.82, 2.24) is 14.9 Å². The summed E-state index contributed by atoms with van der Waals surface area (Å²) >= 11 is 0. The van der Waals surface area contributed by atoms with Crippen molar-refractivity contribution in [1.29, 1.82) is 0 Å². The van der Waals surface area contributed by atoms with Gasteiger partial charge in [-0.3, -0.25) is 0 Å². The van der Waals surface area contributed by atoms with Crippen LogP contribution >= 0.6 is 24.0 Å². The number of rotatable bonds is 3. The quantitative estimate of drug-likeness (QED) is 0.395. The number of halogens is 1. The van der Waals surface area contributed by atoms with Gasteiger partial charge in [0.25, 0.3) is 0 Å². The van der Waals surface area contributed by atoms with Crippen LogP contribution < -0.4 is 20.1 Å². The second-order valence-corrected chi connectivity index (χ2v) is 6.53. The second-order valence-electron chi connectivity index (χ2n) is 6.53. The van der Waals surface area contributed by atoms with E-state index in [0.29, 0.717) is 25.7 Å². The third kappa shape index (κ3) is 4.94. The number of aromatic nitrogens is 2. The molecule has 0 saturated carbocycles. The van der Waals surface area contributed by atoms with Gasteiger partial charge in [0.05, 0.1) is 19.8 Å². The number of guanidine groups is 1. The summed E-state index contributed by atoms with van der Waals surface area (Å²) in [4.78, 5) is 17.4. The fourth-order valence-corrected chi connectivity index (χ4v) is 3.17. The van der Waals surface area contributed by atoms with E-state index in [1.54, 1.807) is 12.4 Å². The third-order valence-electron chi connectivity index (χ3n) is 4.67. The van der Waals surface area contributed by atoms with E-state index in [1.807, 2.05) is 24.3 Å². The summed E-state index contributed by atoms with van der Waals surface area (Å²) in [7, 11) is 0. The monoisotopic (exact) mass is 496 g/mol. The lowest BCUT2D eigenvalue weighted by Crippen LogP contribution is -2.51. The summed E-state index contributed by atoms with van der Waals surface area (Å²) < 4.78 is 11.4. The van der Waals surface area contributed by atoms with E-state index in [1.165, 1.54) is 0 Å². The van der Waals surface area contributed by atoms with Crippen molar-refractivity contribution >= 4 is 35.9 Å². The van der Waals surface area contributed by atoms with E-state index in [2.05, 4.69) is 24.8 Å². The maximum Gasteiger partial charge on any atom is 0.225 e. The van der Waals surface area contributed by atoms with Gasteiger partial charge in [-0.15, -0.1) is 24.0 Å². The number of nitrogens with zero attached hydrogens (tertiary/aromatic N) is 5. The molecule has 0 atom stereocenters. The van der Waals surface area contributed by atoms with Gasteiger partial charge in [-0.1, -0.05) is 6.07 Å².